The first-order valence-electron chi connectivity index (χ1n) is 5.14. The molecular formula is C12H11ClFN3. The van der Waals surface area contributed by atoms with Gasteiger partial charge >= 0.3 is 0 Å². The molecule has 1 unspecified atom stereocenters. The van der Waals surface area contributed by atoms with Crippen molar-refractivity contribution in [3.8, 4) is 0 Å². The second-order valence-corrected chi connectivity index (χ2v) is 4.08. The molecule has 0 aliphatic heterocycles. The number of anilines is 1. The molecule has 0 radical (unpaired) electrons. The fraction of sp³-hybridized carbons (Fsp3) is 0.167. The number of halogens is 2. The predicted molar refractivity (Wildman–Crippen MR) is 65.5 cm³/mol. The van der Waals surface area contributed by atoms with Crippen molar-refractivity contribution in [2.24, 2.45) is 0 Å². The Kier molecular flexibility index (Phi) is 3.54. The molecular weight excluding hydrogens is 241 g/mol. The van der Waals surface area contributed by atoms with Gasteiger partial charge in [0.15, 0.2) is 0 Å². The molecule has 0 spiro atoms. The van der Waals surface area contributed by atoms with E-state index in [1.807, 2.05) is 13.0 Å². The third-order valence-corrected chi connectivity index (χ3v) is 2.51. The summed E-state index contributed by atoms with van der Waals surface area (Å²) >= 11 is 5.68. The van der Waals surface area contributed by atoms with Gasteiger partial charge in [0.1, 0.15) is 5.82 Å². The second-order valence-electron chi connectivity index (χ2n) is 3.65. The summed E-state index contributed by atoms with van der Waals surface area (Å²) in [4.78, 5) is 8.04. The first-order valence-corrected chi connectivity index (χ1v) is 5.52. The highest BCUT2D eigenvalue weighted by Gasteiger charge is 2.07. The Bertz CT molecular complexity index is 501. The molecule has 1 N–H and O–H groups in total. The van der Waals surface area contributed by atoms with Crippen LogP contribution >= 0.6 is 11.6 Å². The number of nitrogens with zero attached hydrogens (tertiary/aromatic N) is 2. The minimum absolute atomic E-state index is 0.0770. The van der Waals surface area contributed by atoms with Crippen molar-refractivity contribution in [1.29, 1.82) is 0 Å². The van der Waals surface area contributed by atoms with Gasteiger partial charge in [-0.15, -0.1) is 0 Å². The van der Waals surface area contributed by atoms with E-state index < -0.39 is 0 Å². The van der Waals surface area contributed by atoms with Crippen LogP contribution in [0, 0.1) is 5.82 Å². The van der Waals surface area contributed by atoms with Crippen molar-refractivity contribution >= 4 is 17.5 Å². The number of rotatable bonds is 3. The van der Waals surface area contributed by atoms with E-state index in [4.69, 9.17) is 11.6 Å². The third-order valence-electron chi connectivity index (χ3n) is 2.31. The number of benzene rings is 1. The van der Waals surface area contributed by atoms with Crippen LogP contribution in [-0.4, -0.2) is 9.97 Å². The molecule has 2 rings (SSSR count). The maximum atomic E-state index is 13.0. The van der Waals surface area contributed by atoms with Crippen molar-refractivity contribution < 1.29 is 4.39 Å². The topological polar surface area (TPSA) is 37.8 Å². The van der Waals surface area contributed by atoms with E-state index in [2.05, 4.69) is 15.3 Å². The summed E-state index contributed by atoms with van der Waals surface area (Å²) in [7, 11) is 0. The van der Waals surface area contributed by atoms with Gasteiger partial charge in [0.2, 0.25) is 5.95 Å². The highest BCUT2D eigenvalue weighted by atomic mass is 35.5. The molecule has 0 saturated heterocycles. The van der Waals surface area contributed by atoms with Crippen LogP contribution in [0.2, 0.25) is 5.02 Å². The van der Waals surface area contributed by atoms with Gasteiger partial charge in [0.05, 0.1) is 23.5 Å². The van der Waals surface area contributed by atoms with Crippen molar-refractivity contribution in [3.05, 3.63) is 53.1 Å². The molecule has 1 aromatic carbocycles. The van der Waals surface area contributed by atoms with Crippen molar-refractivity contribution in [2.75, 3.05) is 5.32 Å². The zero-order valence-corrected chi connectivity index (χ0v) is 9.95. The summed E-state index contributed by atoms with van der Waals surface area (Å²) in [6, 6.07) is 6.33. The molecule has 3 nitrogen and oxygen atoms in total. The van der Waals surface area contributed by atoms with Crippen LogP contribution in [0.1, 0.15) is 18.5 Å². The highest BCUT2D eigenvalue weighted by molar-refractivity contribution is 6.30. The van der Waals surface area contributed by atoms with Crippen molar-refractivity contribution in [2.45, 2.75) is 13.0 Å². The quantitative estimate of drug-likeness (QED) is 0.908. The van der Waals surface area contributed by atoms with Crippen LogP contribution in [-0.2, 0) is 0 Å². The smallest absolute Gasteiger partial charge is 0.223 e. The van der Waals surface area contributed by atoms with E-state index in [0.717, 1.165) is 5.56 Å². The number of aromatic nitrogens is 2. The molecule has 17 heavy (non-hydrogen) atoms. The molecule has 0 fully saturated rings. The van der Waals surface area contributed by atoms with Crippen LogP contribution in [0.4, 0.5) is 10.3 Å². The summed E-state index contributed by atoms with van der Waals surface area (Å²) in [6.45, 7) is 1.91. The van der Waals surface area contributed by atoms with Crippen molar-refractivity contribution in [1.82, 2.24) is 9.97 Å². The summed E-state index contributed by atoms with van der Waals surface area (Å²) < 4.78 is 13.0. The van der Waals surface area contributed by atoms with E-state index in [9.17, 15) is 4.39 Å². The molecule has 88 valence electrons. The molecule has 5 heteroatoms. The summed E-state index contributed by atoms with van der Waals surface area (Å²) in [5.41, 5.74) is 0.837. The average molecular weight is 252 g/mol. The van der Waals surface area contributed by atoms with Gasteiger partial charge in [-0.25, -0.2) is 14.4 Å². The zero-order chi connectivity index (χ0) is 12.3. The number of hydrogen-bond donors (Lipinski definition) is 1. The SMILES string of the molecule is CC(Nc1ncc(Cl)cn1)c1cccc(F)c1. The Hall–Kier alpha value is -1.68. The fourth-order valence-electron chi connectivity index (χ4n) is 1.44. The first-order chi connectivity index (χ1) is 8.15. The molecule has 1 atom stereocenters. The van der Waals surface area contributed by atoms with Crippen LogP contribution in [0.25, 0.3) is 0 Å². The van der Waals surface area contributed by atoms with Gasteiger partial charge in [0, 0.05) is 0 Å². The Morgan fingerprint density at radius 3 is 2.65 bits per heavy atom. The molecule has 2 aromatic rings. The van der Waals surface area contributed by atoms with Gasteiger partial charge in [-0.2, -0.15) is 0 Å². The van der Waals surface area contributed by atoms with E-state index in [1.165, 1.54) is 24.5 Å². The lowest BCUT2D eigenvalue weighted by Gasteiger charge is -2.13. The lowest BCUT2D eigenvalue weighted by atomic mass is 10.1. The lowest BCUT2D eigenvalue weighted by molar-refractivity contribution is 0.623. The summed E-state index contributed by atoms with van der Waals surface area (Å²) in [5, 5.41) is 3.55. The molecule has 0 saturated carbocycles. The van der Waals surface area contributed by atoms with Crippen LogP contribution in [0.3, 0.4) is 0 Å². The fourth-order valence-corrected chi connectivity index (χ4v) is 1.54. The van der Waals surface area contributed by atoms with Crippen LogP contribution < -0.4 is 5.32 Å². The Labute approximate surface area is 104 Å². The Morgan fingerprint density at radius 2 is 2.00 bits per heavy atom. The minimum Gasteiger partial charge on any atom is -0.348 e. The maximum absolute atomic E-state index is 13.0. The van der Waals surface area contributed by atoms with Crippen LogP contribution in [0.15, 0.2) is 36.7 Å². The number of hydrogen-bond acceptors (Lipinski definition) is 3. The first kappa shape index (κ1) is 11.8. The molecule has 0 bridgehead atoms. The third kappa shape index (κ3) is 3.14. The maximum Gasteiger partial charge on any atom is 0.223 e. The lowest BCUT2D eigenvalue weighted by Crippen LogP contribution is -2.09. The highest BCUT2D eigenvalue weighted by Crippen LogP contribution is 2.17. The van der Waals surface area contributed by atoms with Gasteiger partial charge in [-0.1, -0.05) is 23.7 Å². The van der Waals surface area contributed by atoms with E-state index in [1.54, 1.807) is 6.07 Å². The standard InChI is InChI=1S/C12H11ClFN3/c1-8(9-3-2-4-11(14)5-9)17-12-15-6-10(13)7-16-12/h2-8H,1H3,(H,15,16,17). The van der Waals surface area contributed by atoms with Gasteiger partial charge in [-0.3, -0.25) is 0 Å². The van der Waals surface area contributed by atoms with Crippen LogP contribution in [0.5, 0.6) is 0 Å². The van der Waals surface area contributed by atoms with E-state index in [0.29, 0.717) is 11.0 Å². The monoisotopic (exact) mass is 251 g/mol. The minimum atomic E-state index is -0.256. The molecule has 0 aliphatic carbocycles. The summed E-state index contributed by atoms with van der Waals surface area (Å²) in [5.74, 6) is 0.208. The van der Waals surface area contributed by atoms with E-state index in [-0.39, 0.29) is 11.9 Å². The molecule has 0 aliphatic rings. The Morgan fingerprint density at radius 1 is 1.29 bits per heavy atom. The van der Waals surface area contributed by atoms with Gasteiger partial charge < -0.3 is 5.32 Å². The van der Waals surface area contributed by atoms with Gasteiger partial charge in [-0.05, 0) is 24.6 Å². The van der Waals surface area contributed by atoms with E-state index >= 15 is 0 Å². The van der Waals surface area contributed by atoms with Crippen molar-refractivity contribution in [3.63, 3.8) is 0 Å². The Balaban J connectivity index is 2.11. The van der Waals surface area contributed by atoms with Gasteiger partial charge in [0.25, 0.3) is 0 Å². The second kappa shape index (κ2) is 5.10. The molecule has 0 amide bonds. The summed E-state index contributed by atoms with van der Waals surface area (Å²) in [6.07, 6.45) is 3.02. The molecule has 1 heterocycles. The average Bonchev–Trinajstić information content (AvgIpc) is 2.32. The predicted octanol–water partition coefficient (Wildman–Crippen LogP) is 3.44. The zero-order valence-electron chi connectivity index (χ0n) is 9.19. The normalized spacial score (nSPS) is 12.2. The molecule has 1 aromatic heterocycles. The number of nitrogens with one attached hydrogen (secondary N) is 1. The largest absolute Gasteiger partial charge is 0.348 e.